The first-order valence-electron chi connectivity index (χ1n) is 5.78. The molecule has 16 heavy (non-hydrogen) atoms. The van der Waals surface area contributed by atoms with Crippen LogP contribution < -0.4 is 11.1 Å². The van der Waals surface area contributed by atoms with Crippen molar-refractivity contribution in [1.29, 1.82) is 0 Å². The van der Waals surface area contributed by atoms with Gasteiger partial charge in [0.1, 0.15) is 0 Å². The number of aromatic nitrogens is 2. The zero-order valence-corrected chi connectivity index (χ0v) is 9.52. The monoisotopic (exact) mass is 222 g/mol. The Morgan fingerprint density at radius 3 is 3.06 bits per heavy atom. The van der Waals surface area contributed by atoms with E-state index in [0.29, 0.717) is 0 Å². The summed E-state index contributed by atoms with van der Waals surface area (Å²) in [5.74, 6) is 0.142. The maximum Gasteiger partial charge on any atom is 0.227 e. The second kappa shape index (κ2) is 4.65. The van der Waals surface area contributed by atoms with Gasteiger partial charge in [0.05, 0.1) is 11.9 Å². The van der Waals surface area contributed by atoms with E-state index in [9.17, 15) is 4.79 Å². The molecule has 5 heteroatoms. The second-order valence-corrected chi connectivity index (χ2v) is 4.34. The number of anilines is 1. The van der Waals surface area contributed by atoms with Crippen molar-refractivity contribution in [3.8, 4) is 0 Å². The minimum Gasteiger partial charge on any atom is -0.328 e. The van der Waals surface area contributed by atoms with E-state index in [-0.39, 0.29) is 17.9 Å². The molecule has 0 aromatic carbocycles. The molecule has 1 fully saturated rings. The van der Waals surface area contributed by atoms with Crippen molar-refractivity contribution in [2.75, 3.05) is 5.32 Å². The minimum atomic E-state index is 0.0694. The molecule has 1 amide bonds. The van der Waals surface area contributed by atoms with Crippen LogP contribution in [0.15, 0.2) is 12.4 Å². The van der Waals surface area contributed by atoms with Crippen molar-refractivity contribution in [2.24, 2.45) is 11.7 Å². The third-order valence-corrected chi connectivity index (χ3v) is 3.07. The van der Waals surface area contributed by atoms with Crippen LogP contribution in [0.1, 0.15) is 26.2 Å². The van der Waals surface area contributed by atoms with Crippen molar-refractivity contribution in [1.82, 2.24) is 9.78 Å². The molecule has 3 N–H and O–H groups in total. The largest absolute Gasteiger partial charge is 0.328 e. The number of aryl methyl sites for hydroxylation is 1. The molecule has 0 saturated heterocycles. The number of rotatable bonds is 3. The number of hydrogen-bond donors (Lipinski definition) is 2. The molecule has 1 aromatic rings. The van der Waals surface area contributed by atoms with Crippen LogP contribution in [-0.4, -0.2) is 21.7 Å². The SMILES string of the molecule is CCn1cc(NC(=O)C2CCC(N)C2)cn1. The standard InChI is InChI=1S/C11H18N4O/c1-2-15-7-10(6-13-15)14-11(16)8-3-4-9(12)5-8/h6-9H,2-5,12H2,1H3,(H,14,16). The molecule has 1 aromatic heterocycles. The first-order chi connectivity index (χ1) is 7.69. The van der Waals surface area contributed by atoms with Crippen molar-refractivity contribution in [3.63, 3.8) is 0 Å². The highest BCUT2D eigenvalue weighted by Gasteiger charge is 2.27. The summed E-state index contributed by atoms with van der Waals surface area (Å²) in [6, 6.07) is 0.189. The second-order valence-electron chi connectivity index (χ2n) is 4.34. The predicted octanol–water partition coefficient (Wildman–Crippen LogP) is 0.969. The molecule has 1 heterocycles. The number of nitrogens with zero attached hydrogens (tertiary/aromatic N) is 2. The van der Waals surface area contributed by atoms with E-state index in [0.717, 1.165) is 31.5 Å². The summed E-state index contributed by atoms with van der Waals surface area (Å²) >= 11 is 0. The Kier molecular flexibility index (Phi) is 3.24. The fourth-order valence-corrected chi connectivity index (χ4v) is 2.10. The molecule has 1 saturated carbocycles. The van der Waals surface area contributed by atoms with Gasteiger partial charge in [0, 0.05) is 24.7 Å². The quantitative estimate of drug-likeness (QED) is 0.800. The van der Waals surface area contributed by atoms with Crippen LogP contribution in [0.4, 0.5) is 5.69 Å². The van der Waals surface area contributed by atoms with Crippen molar-refractivity contribution in [2.45, 2.75) is 38.8 Å². The van der Waals surface area contributed by atoms with E-state index in [2.05, 4.69) is 10.4 Å². The number of amides is 1. The van der Waals surface area contributed by atoms with Gasteiger partial charge in [-0.25, -0.2) is 0 Å². The van der Waals surface area contributed by atoms with Crippen LogP contribution in [0.25, 0.3) is 0 Å². The smallest absolute Gasteiger partial charge is 0.227 e. The van der Waals surface area contributed by atoms with E-state index in [4.69, 9.17) is 5.73 Å². The van der Waals surface area contributed by atoms with E-state index in [1.165, 1.54) is 0 Å². The first kappa shape index (κ1) is 11.1. The molecule has 2 unspecified atom stereocenters. The number of hydrogen-bond acceptors (Lipinski definition) is 3. The summed E-state index contributed by atoms with van der Waals surface area (Å²) < 4.78 is 1.79. The zero-order valence-electron chi connectivity index (χ0n) is 9.52. The number of nitrogens with one attached hydrogen (secondary N) is 1. The van der Waals surface area contributed by atoms with Gasteiger partial charge >= 0.3 is 0 Å². The Morgan fingerprint density at radius 1 is 1.69 bits per heavy atom. The molecule has 0 bridgehead atoms. The maximum atomic E-state index is 11.9. The van der Waals surface area contributed by atoms with Crippen LogP contribution in [-0.2, 0) is 11.3 Å². The van der Waals surface area contributed by atoms with Crippen LogP contribution in [0, 0.1) is 5.92 Å². The average molecular weight is 222 g/mol. The molecule has 2 rings (SSSR count). The summed E-state index contributed by atoms with van der Waals surface area (Å²) in [6.07, 6.45) is 6.16. The van der Waals surface area contributed by atoms with Gasteiger partial charge in [-0.2, -0.15) is 5.10 Å². The number of nitrogens with two attached hydrogens (primary N) is 1. The molecular weight excluding hydrogens is 204 g/mol. The van der Waals surface area contributed by atoms with Crippen LogP contribution >= 0.6 is 0 Å². The molecule has 0 radical (unpaired) electrons. The maximum absolute atomic E-state index is 11.9. The summed E-state index contributed by atoms with van der Waals surface area (Å²) in [7, 11) is 0. The highest BCUT2D eigenvalue weighted by molar-refractivity contribution is 5.92. The zero-order chi connectivity index (χ0) is 11.5. The Hall–Kier alpha value is -1.36. The fraction of sp³-hybridized carbons (Fsp3) is 0.636. The number of carbonyl (C=O) groups excluding carboxylic acids is 1. The fourth-order valence-electron chi connectivity index (χ4n) is 2.10. The first-order valence-corrected chi connectivity index (χ1v) is 5.78. The van der Waals surface area contributed by atoms with Gasteiger partial charge in [-0.3, -0.25) is 9.48 Å². The van der Waals surface area contributed by atoms with Gasteiger partial charge in [0.2, 0.25) is 5.91 Å². The van der Waals surface area contributed by atoms with Gasteiger partial charge in [0.15, 0.2) is 0 Å². The molecule has 5 nitrogen and oxygen atoms in total. The molecule has 88 valence electrons. The summed E-state index contributed by atoms with van der Waals surface area (Å²) in [4.78, 5) is 11.9. The highest BCUT2D eigenvalue weighted by Crippen LogP contribution is 2.25. The Labute approximate surface area is 95.0 Å². The Morgan fingerprint density at radius 2 is 2.50 bits per heavy atom. The van der Waals surface area contributed by atoms with Crippen molar-refractivity contribution >= 4 is 11.6 Å². The van der Waals surface area contributed by atoms with Gasteiger partial charge < -0.3 is 11.1 Å². The van der Waals surface area contributed by atoms with E-state index in [1.807, 2.05) is 13.1 Å². The van der Waals surface area contributed by atoms with Crippen LogP contribution in [0.2, 0.25) is 0 Å². The highest BCUT2D eigenvalue weighted by atomic mass is 16.1. The lowest BCUT2D eigenvalue weighted by atomic mass is 10.1. The summed E-state index contributed by atoms with van der Waals surface area (Å²) in [6.45, 7) is 2.82. The average Bonchev–Trinajstić information content (AvgIpc) is 2.87. The molecule has 1 aliphatic rings. The normalized spacial score (nSPS) is 24.6. The number of carbonyl (C=O) groups is 1. The topological polar surface area (TPSA) is 72.9 Å². The van der Waals surface area contributed by atoms with Crippen molar-refractivity contribution in [3.05, 3.63) is 12.4 Å². The minimum absolute atomic E-state index is 0.0694. The van der Waals surface area contributed by atoms with Gasteiger partial charge in [0.25, 0.3) is 0 Å². The third kappa shape index (κ3) is 2.41. The van der Waals surface area contributed by atoms with E-state index in [1.54, 1.807) is 10.9 Å². The van der Waals surface area contributed by atoms with Gasteiger partial charge in [-0.1, -0.05) is 0 Å². The molecular formula is C11H18N4O. The molecule has 0 aliphatic heterocycles. The third-order valence-electron chi connectivity index (χ3n) is 3.07. The molecule has 0 spiro atoms. The van der Waals surface area contributed by atoms with Gasteiger partial charge in [-0.15, -0.1) is 0 Å². The lowest BCUT2D eigenvalue weighted by Crippen LogP contribution is -2.23. The van der Waals surface area contributed by atoms with E-state index < -0.39 is 0 Å². The van der Waals surface area contributed by atoms with Crippen molar-refractivity contribution < 1.29 is 4.79 Å². The van der Waals surface area contributed by atoms with Gasteiger partial charge in [-0.05, 0) is 26.2 Å². The summed E-state index contributed by atoms with van der Waals surface area (Å²) in [5, 5.41) is 6.99. The molecule has 1 aliphatic carbocycles. The lowest BCUT2D eigenvalue weighted by Gasteiger charge is -2.08. The summed E-state index contributed by atoms with van der Waals surface area (Å²) in [5.41, 5.74) is 6.56. The predicted molar refractivity (Wildman–Crippen MR) is 61.8 cm³/mol. The molecule has 2 atom stereocenters. The Bertz CT molecular complexity index is 374. The van der Waals surface area contributed by atoms with E-state index >= 15 is 0 Å². The lowest BCUT2D eigenvalue weighted by molar-refractivity contribution is -0.119. The Balaban J connectivity index is 1.91. The van der Waals surface area contributed by atoms with Crippen LogP contribution in [0.5, 0.6) is 0 Å². The van der Waals surface area contributed by atoms with Crippen LogP contribution in [0.3, 0.4) is 0 Å².